The van der Waals surface area contributed by atoms with E-state index in [0.29, 0.717) is 19.0 Å². The number of rotatable bonds is 11. The van der Waals surface area contributed by atoms with Crippen LogP contribution in [0.1, 0.15) is 18.9 Å². The summed E-state index contributed by atoms with van der Waals surface area (Å²) in [5.74, 6) is 0.0234. The molecule has 7 nitrogen and oxygen atoms in total. The molecule has 0 saturated carbocycles. The highest BCUT2D eigenvalue weighted by atomic mass is 16.5. The second kappa shape index (κ2) is 12.5. The summed E-state index contributed by atoms with van der Waals surface area (Å²) >= 11 is 0. The van der Waals surface area contributed by atoms with Crippen molar-refractivity contribution in [3.63, 3.8) is 0 Å². The van der Waals surface area contributed by atoms with E-state index in [4.69, 9.17) is 9.84 Å². The Morgan fingerprint density at radius 3 is 2.22 bits per heavy atom. The topological polar surface area (TPSA) is 76.5 Å². The maximum atomic E-state index is 13.0. The van der Waals surface area contributed by atoms with Gasteiger partial charge in [-0.25, -0.2) is 4.68 Å². The number of hydrogen-bond acceptors (Lipinski definition) is 4. The number of para-hydroxylation sites is 1. The molecule has 2 amide bonds. The summed E-state index contributed by atoms with van der Waals surface area (Å²) in [6, 6.07) is 30.9. The molecule has 0 aliphatic rings. The highest BCUT2D eigenvalue weighted by molar-refractivity contribution is 5.94. The van der Waals surface area contributed by atoms with Crippen LogP contribution in [0.5, 0.6) is 0 Å². The lowest BCUT2D eigenvalue weighted by Gasteiger charge is -2.21. The minimum atomic E-state index is -0.295. The Labute approximate surface area is 211 Å². The fraction of sp³-hybridized carbons (Fsp3) is 0.207. The molecule has 0 bridgehead atoms. The van der Waals surface area contributed by atoms with Crippen LogP contribution in [0, 0.1) is 0 Å². The van der Waals surface area contributed by atoms with Crippen LogP contribution in [0.15, 0.2) is 97.1 Å². The van der Waals surface area contributed by atoms with Crippen molar-refractivity contribution in [3.8, 4) is 16.9 Å². The molecule has 184 valence electrons. The van der Waals surface area contributed by atoms with Crippen molar-refractivity contribution in [2.45, 2.75) is 20.0 Å². The maximum Gasteiger partial charge on any atom is 0.249 e. The lowest BCUT2D eigenvalue weighted by molar-refractivity contribution is -0.139. The number of hydrogen-bond donors (Lipinski definition) is 1. The fourth-order valence-electron chi connectivity index (χ4n) is 3.83. The van der Waals surface area contributed by atoms with Gasteiger partial charge in [0.05, 0.1) is 24.5 Å². The van der Waals surface area contributed by atoms with E-state index < -0.39 is 0 Å². The molecule has 0 aliphatic carbocycles. The zero-order chi connectivity index (χ0) is 25.2. The van der Waals surface area contributed by atoms with Gasteiger partial charge in [-0.15, -0.1) is 0 Å². The zero-order valence-electron chi connectivity index (χ0n) is 20.3. The minimum absolute atomic E-state index is 0.0675. The molecule has 0 saturated heterocycles. The SMILES string of the molecule is CCCN(CC(=O)Nc1cc(-c2ccccc2)nn1-c1ccccc1)C(=O)COCc1ccccc1. The number of anilines is 1. The summed E-state index contributed by atoms with van der Waals surface area (Å²) < 4.78 is 7.30. The number of benzene rings is 3. The first-order valence-corrected chi connectivity index (χ1v) is 12.0. The van der Waals surface area contributed by atoms with Crippen LogP contribution in [0.4, 0.5) is 5.82 Å². The van der Waals surface area contributed by atoms with Gasteiger partial charge in [0.25, 0.3) is 0 Å². The highest BCUT2D eigenvalue weighted by Crippen LogP contribution is 2.24. The van der Waals surface area contributed by atoms with Crippen molar-refractivity contribution in [3.05, 3.63) is 103 Å². The lowest BCUT2D eigenvalue weighted by atomic mass is 10.1. The number of nitrogens with one attached hydrogen (secondary N) is 1. The normalized spacial score (nSPS) is 10.7. The number of carbonyl (C=O) groups excluding carboxylic acids is 2. The quantitative estimate of drug-likeness (QED) is 0.329. The summed E-state index contributed by atoms with van der Waals surface area (Å²) in [5, 5.41) is 7.68. The monoisotopic (exact) mass is 482 g/mol. The largest absolute Gasteiger partial charge is 0.367 e. The first-order chi connectivity index (χ1) is 17.6. The van der Waals surface area contributed by atoms with E-state index in [9.17, 15) is 9.59 Å². The predicted octanol–water partition coefficient (Wildman–Crippen LogP) is 4.93. The highest BCUT2D eigenvalue weighted by Gasteiger charge is 2.19. The average Bonchev–Trinajstić information content (AvgIpc) is 3.33. The van der Waals surface area contributed by atoms with Crippen LogP contribution in [-0.2, 0) is 20.9 Å². The molecule has 7 heteroatoms. The molecule has 1 heterocycles. The van der Waals surface area contributed by atoms with E-state index in [1.165, 1.54) is 4.90 Å². The second-order valence-electron chi connectivity index (χ2n) is 8.37. The Morgan fingerprint density at radius 2 is 1.56 bits per heavy atom. The predicted molar refractivity (Wildman–Crippen MR) is 141 cm³/mol. The molecule has 3 aromatic carbocycles. The Balaban J connectivity index is 1.45. The van der Waals surface area contributed by atoms with E-state index in [0.717, 1.165) is 28.9 Å². The molecule has 0 fully saturated rings. The van der Waals surface area contributed by atoms with Gasteiger partial charge in [-0.1, -0.05) is 85.8 Å². The minimum Gasteiger partial charge on any atom is -0.367 e. The number of aromatic nitrogens is 2. The van der Waals surface area contributed by atoms with Crippen LogP contribution < -0.4 is 5.32 Å². The van der Waals surface area contributed by atoms with Crippen LogP contribution >= 0.6 is 0 Å². The van der Waals surface area contributed by atoms with Crippen LogP contribution in [0.25, 0.3) is 16.9 Å². The van der Waals surface area contributed by atoms with Gasteiger partial charge in [0.1, 0.15) is 12.4 Å². The molecule has 0 radical (unpaired) electrons. The molecule has 36 heavy (non-hydrogen) atoms. The molecular formula is C29H30N4O3. The van der Waals surface area contributed by atoms with E-state index in [-0.39, 0.29) is 25.0 Å². The molecule has 1 aromatic heterocycles. The van der Waals surface area contributed by atoms with Crippen molar-refractivity contribution >= 4 is 17.6 Å². The molecule has 0 aliphatic heterocycles. The third-order valence-electron chi connectivity index (χ3n) is 5.56. The van der Waals surface area contributed by atoms with Gasteiger partial charge < -0.3 is 15.0 Å². The van der Waals surface area contributed by atoms with Gasteiger partial charge in [-0.3, -0.25) is 9.59 Å². The Hall–Kier alpha value is -4.23. The van der Waals surface area contributed by atoms with Crippen LogP contribution in [0.3, 0.4) is 0 Å². The molecule has 0 spiro atoms. The number of nitrogens with zero attached hydrogens (tertiary/aromatic N) is 3. The Bertz CT molecular complexity index is 1260. The van der Waals surface area contributed by atoms with E-state index >= 15 is 0 Å². The summed E-state index contributed by atoms with van der Waals surface area (Å²) in [6.45, 7) is 2.63. The van der Waals surface area contributed by atoms with Gasteiger partial charge in [0, 0.05) is 18.2 Å². The van der Waals surface area contributed by atoms with Crippen LogP contribution in [0.2, 0.25) is 0 Å². The van der Waals surface area contributed by atoms with Crippen molar-refractivity contribution in [2.75, 3.05) is 25.0 Å². The second-order valence-corrected chi connectivity index (χ2v) is 8.37. The van der Waals surface area contributed by atoms with Crippen molar-refractivity contribution < 1.29 is 14.3 Å². The third-order valence-corrected chi connectivity index (χ3v) is 5.56. The summed E-state index contributed by atoms with van der Waals surface area (Å²) in [7, 11) is 0. The third kappa shape index (κ3) is 6.67. The fourth-order valence-corrected chi connectivity index (χ4v) is 3.83. The van der Waals surface area contributed by atoms with Gasteiger partial charge in [-0.2, -0.15) is 5.10 Å². The van der Waals surface area contributed by atoms with Crippen molar-refractivity contribution in [1.82, 2.24) is 14.7 Å². The van der Waals surface area contributed by atoms with Gasteiger partial charge >= 0.3 is 0 Å². The molecule has 1 N–H and O–H groups in total. The average molecular weight is 483 g/mol. The van der Waals surface area contributed by atoms with Crippen LogP contribution in [-0.4, -0.2) is 46.2 Å². The molecule has 4 rings (SSSR count). The number of ether oxygens (including phenoxy) is 1. The van der Waals surface area contributed by atoms with E-state index in [2.05, 4.69) is 5.32 Å². The first kappa shape index (κ1) is 24.9. The van der Waals surface area contributed by atoms with Gasteiger partial charge in [0.15, 0.2) is 0 Å². The van der Waals surface area contributed by atoms with Crippen molar-refractivity contribution in [1.29, 1.82) is 0 Å². The Kier molecular flexibility index (Phi) is 8.62. The Morgan fingerprint density at radius 1 is 0.917 bits per heavy atom. The smallest absolute Gasteiger partial charge is 0.249 e. The first-order valence-electron chi connectivity index (χ1n) is 12.0. The van der Waals surface area contributed by atoms with Gasteiger partial charge in [0.2, 0.25) is 11.8 Å². The van der Waals surface area contributed by atoms with Crippen molar-refractivity contribution in [2.24, 2.45) is 0 Å². The molecule has 4 aromatic rings. The molecule has 0 unspecified atom stereocenters. The van der Waals surface area contributed by atoms with Gasteiger partial charge in [-0.05, 0) is 24.1 Å². The maximum absolute atomic E-state index is 13.0. The summed E-state index contributed by atoms with van der Waals surface area (Å²) in [5.41, 5.74) is 3.51. The summed E-state index contributed by atoms with van der Waals surface area (Å²) in [4.78, 5) is 27.4. The van der Waals surface area contributed by atoms with E-state index in [1.54, 1.807) is 4.68 Å². The standard InChI is InChI=1S/C29H30N4O3/c1-2-18-32(29(35)22-36-21-23-12-6-3-7-13-23)20-28(34)30-27-19-26(24-14-8-4-9-15-24)31-33(27)25-16-10-5-11-17-25/h3-17,19H,2,18,20-22H2,1H3,(H,30,34). The number of amides is 2. The molecular weight excluding hydrogens is 452 g/mol. The lowest BCUT2D eigenvalue weighted by Crippen LogP contribution is -2.40. The zero-order valence-corrected chi connectivity index (χ0v) is 20.3. The number of carbonyl (C=O) groups is 2. The molecule has 0 atom stereocenters. The summed E-state index contributed by atoms with van der Waals surface area (Å²) in [6.07, 6.45) is 0.734. The van der Waals surface area contributed by atoms with E-state index in [1.807, 2.05) is 104 Å².